The first-order chi connectivity index (χ1) is 54.2. The molecule has 3 fully saturated rings. The summed E-state index contributed by atoms with van der Waals surface area (Å²) in [6, 6.07) is 36.4. The van der Waals surface area contributed by atoms with E-state index in [1.165, 1.54) is 23.1 Å². The van der Waals surface area contributed by atoms with Crippen LogP contribution in [0.4, 0.5) is 22.8 Å². The zero-order valence-corrected chi connectivity index (χ0v) is 71.1. The molecule has 6 heterocycles. The number of aromatic hydroxyl groups is 2. The maximum absolute atomic E-state index is 13.2. The number of carbonyl (C=O) groups excluding carboxylic acids is 5. The van der Waals surface area contributed by atoms with Gasteiger partial charge in [0.05, 0.1) is 18.7 Å². The van der Waals surface area contributed by atoms with E-state index in [4.69, 9.17) is 38.2 Å². The van der Waals surface area contributed by atoms with E-state index in [1.807, 2.05) is 162 Å². The van der Waals surface area contributed by atoms with Crippen LogP contribution < -0.4 is 29.4 Å². The summed E-state index contributed by atoms with van der Waals surface area (Å²) < 4.78 is 104. The molecule has 0 aromatic heterocycles. The number of hydrogen-bond donors (Lipinski definition) is 5. The minimum Gasteiger partial charge on any atom is -0.543 e. The lowest BCUT2D eigenvalue weighted by molar-refractivity contribution is -0.0511. The first-order valence-corrected chi connectivity index (χ1v) is 43.5. The van der Waals surface area contributed by atoms with Crippen molar-refractivity contribution in [1.29, 1.82) is 0 Å². The van der Waals surface area contributed by atoms with Gasteiger partial charge in [-0.25, -0.2) is 9.59 Å². The third kappa shape index (κ3) is 22.4. The molecule has 24 nitrogen and oxygen atoms in total. The van der Waals surface area contributed by atoms with E-state index in [-0.39, 0.29) is 84.2 Å². The molecule has 0 saturated carbocycles. The van der Waals surface area contributed by atoms with Crippen molar-refractivity contribution in [2.24, 2.45) is 0 Å². The lowest BCUT2D eigenvalue weighted by Crippen LogP contribution is -2.44. The average Bonchev–Trinajstić information content (AvgIpc) is 1.73. The molecular formula is C87H114BF3N6O18SSi. The van der Waals surface area contributed by atoms with Crippen molar-refractivity contribution in [3.63, 3.8) is 0 Å². The number of ether oxygens (including phenoxy) is 5. The number of phenols is 2. The number of nitrogens with zero attached hydrogens (tertiary/aromatic N) is 5. The Bertz CT molecular complexity index is 4760. The Labute approximate surface area is 687 Å². The summed E-state index contributed by atoms with van der Waals surface area (Å²) in [6.45, 7) is 39.2. The summed E-state index contributed by atoms with van der Waals surface area (Å²) in [5.41, 5.74) is -1.56. The molecule has 0 radical (unpaired) electrons. The zero-order chi connectivity index (χ0) is 85.5. The van der Waals surface area contributed by atoms with Crippen LogP contribution in [0.1, 0.15) is 189 Å². The Kier molecular flexibility index (Phi) is 29.2. The number of likely N-dealkylation sites (tertiary alicyclic amines) is 2. The number of phenolic OH excluding ortho intramolecular Hbond substituents is 2. The summed E-state index contributed by atoms with van der Waals surface area (Å²) in [6.07, 6.45) is 6.13. The lowest BCUT2D eigenvalue weighted by Gasteiger charge is -2.37. The number of fused-ring (bicyclic) bond motifs is 3. The number of hydrogen-bond acceptors (Lipinski definition) is 19. The van der Waals surface area contributed by atoms with Gasteiger partial charge < -0.3 is 82.4 Å². The lowest BCUT2D eigenvalue weighted by atomic mass is 9.80. The molecule has 6 aromatic rings. The molecule has 6 aliphatic heterocycles. The molecule has 0 bridgehead atoms. The van der Waals surface area contributed by atoms with E-state index in [0.717, 1.165) is 58.7 Å². The van der Waals surface area contributed by atoms with E-state index in [1.54, 1.807) is 96.1 Å². The van der Waals surface area contributed by atoms with Crippen LogP contribution in [0.5, 0.6) is 34.5 Å². The fourth-order valence-electron chi connectivity index (χ4n) is 13.7. The van der Waals surface area contributed by atoms with Crippen LogP contribution in [0.2, 0.25) is 18.1 Å². The van der Waals surface area contributed by atoms with Gasteiger partial charge in [-0.15, -0.1) is 0 Å². The highest BCUT2D eigenvalue weighted by atomic mass is 32.2. The Balaban J connectivity index is 0.000000201. The molecule has 5 N–H and O–H groups in total. The monoisotopic (exact) mass is 1660 g/mol. The average molecular weight is 1660 g/mol. The Morgan fingerprint density at radius 1 is 0.530 bits per heavy atom. The number of halogens is 3. The van der Waals surface area contributed by atoms with Crippen molar-refractivity contribution in [2.45, 2.75) is 182 Å². The van der Waals surface area contributed by atoms with Gasteiger partial charge in [-0.05, 0) is 239 Å². The second-order valence-corrected chi connectivity index (χ2v) is 39.1. The molecule has 3 spiro atoms. The largest absolute Gasteiger partial charge is 0.543 e. The second-order valence-electron chi connectivity index (χ2n) is 32.8. The minimum atomic E-state index is -5.97. The summed E-state index contributed by atoms with van der Waals surface area (Å²) in [5.74, 6) is 1.72. The van der Waals surface area contributed by atoms with Gasteiger partial charge in [-0.2, -0.15) is 21.6 Å². The van der Waals surface area contributed by atoms with E-state index in [0.29, 0.717) is 92.4 Å². The molecule has 6 aromatic carbocycles. The van der Waals surface area contributed by atoms with E-state index in [2.05, 4.69) is 15.6 Å². The SMILES string of the molecule is C.CC(C)(C)OC(=O)N1CCC2(C=C(OS(=O)(=O)C(F)(F)F)c3cc(O[Si](C)(C)C(C)(C)C)ccc3O2)C1.CCN(CC)C(=O)c1ccc(B(O)O)cc1.CCN(CC)C(=O)c1ccc(C2=CC3(CCN(C(=O)OC(C)(C)C)C3)Oc3ccc(O)cc32)cc1.CCN(CC)C(=O)c1ccc(C2=CC3(CCNC3)Oc3ccc(O)cc32)cc1. The molecule has 5 amide bonds. The van der Waals surface area contributed by atoms with Gasteiger partial charge >= 0.3 is 34.9 Å². The standard InChI is InChI=1S/C28H34N2O5.C24H34F3NO7SSi.C23H26N2O3.C11H16BNO3.CH4/c1-6-29(7-2)25(32)20-10-8-19(9-11-20)23-17-28(34-24-13-12-21(31)16-22(23)24)14-15-30(18-28)26(33)35-27(3,4)5;1-21(2,3)33-20(29)28-12-11-23(15-28)14-19(34-36(30,31)24(25,26)27)17-13-16(9-10-18(17)32-23)35-37(7,8)22(4,5)6;1-3-25(4-2)22(27)17-7-5-16(6-8-17)20-14-23(11-12-24-15-23)28-21-10-9-18(26)13-19(20)21;1-3-13(4-2)11(14)9-5-7-10(8-6-9)12(15)16;/h8-13,16-17,31H,6-7,14-15,18H2,1-5H3;9-10,13-14H,11-12,15H2,1-8H3;5-10,13-14,24,26H,3-4,11-12,15H2,1-2H3;5-8,15-16H,3-4H2,1-2H3;1H4. The van der Waals surface area contributed by atoms with E-state index < -0.39 is 65.3 Å². The van der Waals surface area contributed by atoms with Gasteiger partial charge in [0.25, 0.3) is 17.7 Å². The molecule has 12 rings (SSSR count). The smallest absolute Gasteiger partial charge is 0.534 e. The quantitative estimate of drug-likeness (QED) is 0.0342. The number of alkyl halides is 3. The molecule has 634 valence electrons. The second kappa shape index (κ2) is 36.9. The van der Waals surface area contributed by atoms with Gasteiger partial charge in [0.15, 0.2) is 11.4 Å². The predicted molar refractivity (Wildman–Crippen MR) is 449 cm³/mol. The molecule has 6 aliphatic rings. The van der Waals surface area contributed by atoms with Gasteiger partial charge in [-0.3, -0.25) is 14.4 Å². The van der Waals surface area contributed by atoms with Crippen molar-refractivity contribution in [1.82, 2.24) is 29.8 Å². The molecule has 3 saturated heterocycles. The maximum Gasteiger partial charge on any atom is 0.534 e. The molecular weight excluding hydrogens is 1540 g/mol. The number of amides is 5. The van der Waals surface area contributed by atoms with Crippen LogP contribution in [0.3, 0.4) is 0 Å². The summed E-state index contributed by atoms with van der Waals surface area (Å²) in [5, 5.41) is 41.2. The molecule has 30 heteroatoms. The maximum atomic E-state index is 13.2. The Morgan fingerprint density at radius 3 is 1.27 bits per heavy atom. The highest BCUT2D eigenvalue weighted by molar-refractivity contribution is 7.87. The van der Waals surface area contributed by atoms with Crippen molar-refractivity contribution in [3.05, 3.63) is 190 Å². The highest BCUT2D eigenvalue weighted by Crippen LogP contribution is 2.49. The summed E-state index contributed by atoms with van der Waals surface area (Å²) >= 11 is 0. The molecule has 117 heavy (non-hydrogen) atoms. The number of carbonyl (C=O) groups is 5. The van der Waals surface area contributed by atoms with Crippen molar-refractivity contribution in [2.75, 3.05) is 78.5 Å². The number of nitrogens with one attached hydrogen (secondary N) is 1. The van der Waals surface area contributed by atoms with Crippen LogP contribution in [0, 0.1) is 0 Å². The number of rotatable bonds is 16. The van der Waals surface area contributed by atoms with Gasteiger partial charge in [0.2, 0.25) is 8.32 Å². The molecule has 3 unspecified atom stereocenters. The van der Waals surface area contributed by atoms with Crippen LogP contribution >= 0.6 is 0 Å². The first kappa shape index (κ1) is 92.5. The summed E-state index contributed by atoms with van der Waals surface area (Å²) in [4.78, 5) is 70.8. The molecule has 3 atom stereocenters. The Morgan fingerprint density at radius 2 is 0.906 bits per heavy atom. The fourth-order valence-corrected chi connectivity index (χ4v) is 15.2. The van der Waals surface area contributed by atoms with Crippen LogP contribution in [0.15, 0.2) is 146 Å². The van der Waals surface area contributed by atoms with Crippen molar-refractivity contribution < 1.29 is 98.1 Å². The molecule has 0 aliphatic carbocycles. The van der Waals surface area contributed by atoms with E-state index >= 15 is 0 Å². The van der Waals surface area contributed by atoms with Gasteiger partial charge in [-0.1, -0.05) is 64.6 Å². The topological polar surface area (TPSA) is 293 Å². The normalized spacial score (nSPS) is 18.5. The minimum absolute atomic E-state index is 0. The number of benzene rings is 6. The predicted octanol–water partition coefficient (Wildman–Crippen LogP) is 15.0. The zero-order valence-electron chi connectivity index (χ0n) is 69.3. The highest BCUT2D eigenvalue weighted by Gasteiger charge is 2.52. The third-order valence-electron chi connectivity index (χ3n) is 21.0. The van der Waals surface area contributed by atoms with Crippen molar-refractivity contribution in [3.8, 4) is 34.5 Å². The fraction of sp³-hybridized carbons (Fsp3) is 0.460. The van der Waals surface area contributed by atoms with Gasteiger partial charge in [0.1, 0.15) is 56.9 Å². The van der Waals surface area contributed by atoms with Gasteiger partial charge in [0, 0.05) is 112 Å². The van der Waals surface area contributed by atoms with Crippen LogP contribution in [-0.4, -0.2) is 211 Å². The Hall–Kier alpha value is -10.0. The summed E-state index contributed by atoms with van der Waals surface area (Å²) in [7, 11) is -9.78. The third-order valence-corrected chi connectivity index (χ3v) is 26.3. The van der Waals surface area contributed by atoms with Crippen molar-refractivity contribution >= 4 is 77.8 Å². The van der Waals surface area contributed by atoms with Crippen LogP contribution in [0.25, 0.3) is 16.9 Å². The first-order valence-electron chi connectivity index (χ1n) is 39.2. The van der Waals surface area contributed by atoms with E-state index in [9.17, 15) is 55.8 Å². The van der Waals surface area contributed by atoms with Crippen LogP contribution in [-0.2, 0) is 23.8 Å².